The number of aromatic nitrogens is 2. The number of ether oxygens (including phenoxy) is 1. The van der Waals surface area contributed by atoms with Crippen molar-refractivity contribution < 1.29 is 22.9 Å². The number of non-ortho nitro benzene ring substituents is 1. The number of nitrogens with zero attached hydrogens (tertiary/aromatic N) is 3. The number of carbonyl (C=O) groups is 1. The highest BCUT2D eigenvalue weighted by atomic mass is 32.2. The summed E-state index contributed by atoms with van der Waals surface area (Å²) in [6.07, 6.45) is 0. The molecular formula is C19H19N5O6S. The Labute approximate surface area is 177 Å². The van der Waals surface area contributed by atoms with E-state index in [2.05, 4.69) is 9.82 Å². The molecular weight excluding hydrogens is 426 g/mol. The average Bonchev–Trinajstić information content (AvgIpc) is 3.03. The van der Waals surface area contributed by atoms with Crippen molar-refractivity contribution in [3.05, 3.63) is 69.8 Å². The van der Waals surface area contributed by atoms with E-state index in [1.165, 1.54) is 36.4 Å². The topological polar surface area (TPSA) is 159 Å². The van der Waals surface area contributed by atoms with Crippen LogP contribution < -0.4 is 10.5 Å². The molecule has 162 valence electrons. The van der Waals surface area contributed by atoms with E-state index in [1.807, 2.05) is 6.92 Å². The molecule has 0 saturated heterocycles. The van der Waals surface area contributed by atoms with Crippen LogP contribution in [-0.4, -0.2) is 35.7 Å². The van der Waals surface area contributed by atoms with Gasteiger partial charge in [-0.25, -0.2) is 17.9 Å². The largest absolute Gasteiger partial charge is 0.462 e. The lowest BCUT2D eigenvalue weighted by Crippen LogP contribution is -2.16. The Kier molecular flexibility index (Phi) is 5.92. The average molecular weight is 445 g/mol. The molecule has 1 heterocycles. The molecule has 12 heteroatoms. The predicted octanol–water partition coefficient (Wildman–Crippen LogP) is 2.65. The van der Waals surface area contributed by atoms with Crippen molar-refractivity contribution in [1.82, 2.24) is 9.78 Å². The van der Waals surface area contributed by atoms with Crippen molar-refractivity contribution in [3.8, 4) is 5.69 Å². The summed E-state index contributed by atoms with van der Waals surface area (Å²) in [5.41, 5.74) is 6.81. The molecule has 31 heavy (non-hydrogen) atoms. The van der Waals surface area contributed by atoms with Crippen LogP contribution in [0.1, 0.15) is 22.8 Å². The van der Waals surface area contributed by atoms with Gasteiger partial charge in [-0.15, -0.1) is 5.10 Å². The first-order chi connectivity index (χ1) is 14.6. The number of carbonyl (C=O) groups excluding carboxylic acids is 1. The Bertz CT molecular complexity index is 1230. The second-order valence-electron chi connectivity index (χ2n) is 6.43. The van der Waals surface area contributed by atoms with Crippen LogP contribution in [0.4, 0.5) is 17.3 Å². The summed E-state index contributed by atoms with van der Waals surface area (Å²) in [6.45, 7) is 3.44. The zero-order valence-corrected chi connectivity index (χ0v) is 17.4. The molecule has 0 aliphatic carbocycles. The third kappa shape index (κ3) is 4.48. The van der Waals surface area contributed by atoms with Crippen LogP contribution in [0.3, 0.4) is 0 Å². The zero-order valence-electron chi connectivity index (χ0n) is 16.6. The molecule has 0 atom stereocenters. The predicted molar refractivity (Wildman–Crippen MR) is 113 cm³/mol. The van der Waals surface area contributed by atoms with Crippen molar-refractivity contribution >= 4 is 33.3 Å². The van der Waals surface area contributed by atoms with Gasteiger partial charge in [0.1, 0.15) is 11.4 Å². The number of esters is 1. The Balaban J connectivity index is 2.08. The third-order valence-electron chi connectivity index (χ3n) is 4.27. The van der Waals surface area contributed by atoms with Crippen molar-refractivity contribution in [2.24, 2.45) is 0 Å². The van der Waals surface area contributed by atoms with E-state index in [4.69, 9.17) is 10.5 Å². The molecule has 3 N–H and O–H groups in total. The lowest BCUT2D eigenvalue weighted by Gasteiger charge is -2.08. The Morgan fingerprint density at radius 3 is 2.35 bits per heavy atom. The zero-order chi connectivity index (χ0) is 22.8. The van der Waals surface area contributed by atoms with Gasteiger partial charge in [0, 0.05) is 12.1 Å². The van der Waals surface area contributed by atoms with E-state index in [0.29, 0.717) is 0 Å². The van der Waals surface area contributed by atoms with Gasteiger partial charge in [-0.1, -0.05) is 17.7 Å². The fourth-order valence-corrected chi connectivity index (χ4v) is 3.73. The van der Waals surface area contributed by atoms with Gasteiger partial charge in [0.15, 0.2) is 5.82 Å². The molecule has 0 bridgehead atoms. The molecule has 0 fully saturated rings. The van der Waals surface area contributed by atoms with Gasteiger partial charge >= 0.3 is 5.97 Å². The fraction of sp³-hybridized carbons (Fsp3) is 0.158. The van der Waals surface area contributed by atoms with Crippen LogP contribution in [0, 0.1) is 17.0 Å². The molecule has 0 unspecified atom stereocenters. The standard InChI is InChI=1S/C19H19N5O6S/c1-3-30-19(25)16-17(20)23(13-6-8-14(9-7-13)24(26)27)21-18(16)22-31(28,29)15-10-4-12(2)5-11-15/h4-11H,3,20H2,1-2H3,(H,21,22). The summed E-state index contributed by atoms with van der Waals surface area (Å²) in [5.74, 6) is -1.38. The van der Waals surface area contributed by atoms with Gasteiger partial charge in [0.05, 0.1) is 22.1 Å². The number of aryl methyl sites for hydroxylation is 1. The van der Waals surface area contributed by atoms with Gasteiger partial charge in [0.2, 0.25) is 0 Å². The van der Waals surface area contributed by atoms with Crippen LogP contribution in [0.15, 0.2) is 53.4 Å². The number of nitro benzene ring substituents is 1. The monoisotopic (exact) mass is 445 g/mol. The molecule has 0 aliphatic rings. The summed E-state index contributed by atoms with van der Waals surface area (Å²) in [7, 11) is -4.08. The maximum atomic E-state index is 12.8. The summed E-state index contributed by atoms with van der Waals surface area (Å²) in [4.78, 5) is 22.7. The molecule has 0 amide bonds. The quantitative estimate of drug-likeness (QED) is 0.319. The van der Waals surface area contributed by atoms with Crippen LogP contribution in [0.5, 0.6) is 0 Å². The van der Waals surface area contributed by atoms with E-state index in [0.717, 1.165) is 10.2 Å². The molecule has 0 aliphatic heterocycles. The number of nitrogens with two attached hydrogens (primary N) is 1. The van der Waals surface area contributed by atoms with Crippen LogP contribution >= 0.6 is 0 Å². The lowest BCUT2D eigenvalue weighted by molar-refractivity contribution is -0.384. The van der Waals surface area contributed by atoms with Gasteiger partial charge in [0.25, 0.3) is 15.7 Å². The molecule has 0 radical (unpaired) electrons. The number of nitrogen functional groups attached to an aromatic ring is 1. The number of nitro groups is 1. The van der Waals surface area contributed by atoms with Crippen molar-refractivity contribution in [2.75, 3.05) is 17.1 Å². The van der Waals surface area contributed by atoms with E-state index in [-0.39, 0.29) is 40.1 Å². The Morgan fingerprint density at radius 2 is 1.81 bits per heavy atom. The van der Waals surface area contributed by atoms with Crippen molar-refractivity contribution in [2.45, 2.75) is 18.7 Å². The van der Waals surface area contributed by atoms with Crippen LogP contribution in [0.2, 0.25) is 0 Å². The number of benzene rings is 2. The smallest absolute Gasteiger partial charge is 0.345 e. The molecule has 2 aromatic carbocycles. The minimum Gasteiger partial charge on any atom is -0.462 e. The first kappa shape index (κ1) is 21.8. The number of rotatable bonds is 7. The first-order valence-corrected chi connectivity index (χ1v) is 10.5. The summed E-state index contributed by atoms with van der Waals surface area (Å²) < 4.78 is 34.0. The number of anilines is 2. The maximum Gasteiger partial charge on any atom is 0.345 e. The minimum atomic E-state index is -4.08. The van der Waals surface area contributed by atoms with E-state index in [1.54, 1.807) is 19.1 Å². The Hall–Kier alpha value is -3.93. The van der Waals surface area contributed by atoms with Crippen LogP contribution in [0.25, 0.3) is 5.69 Å². The highest BCUT2D eigenvalue weighted by Crippen LogP contribution is 2.28. The summed E-state index contributed by atoms with van der Waals surface area (Å²) in [5, 5.41) is 15.0. The second kappa shape index (κ2) is 8.44. The molecule has 0 saturated carbocycles. The Morgan fingerprint density at radius 1 is 1.19 bits per heavy atom. The molecule has 3 rings (SSSR count). The van der Waals surface area contributed by atoms with E-state index < -0.39 is 20.9 Å². The van der Waals surface area contributed by atoms with E-state index >= 15 is 0 Å². The third-order valence-corrected chi connectivity index (χ3v) is 5.62. The van der Waals surface area contributed by atoms with Gasteiger partial charge < -0.3 is 10.5 Å². The fourth-order valence-electron chi connectivity index (χ4n) is 2.72. The number of hydrogen-bond acceptors (Lipinski definition) is 8. The maximum absolute atomic E-state index is 12.8. The van der Waals surface area contributed by atoms with Gasteiger partial charge in [-0.05, 0) is 38.1 Å². The number of sulfonamides is 1. The first-order valence-electron chi connectivity index (χ1n) is 9.04. The molecule has 1 aromatic heterocycles. The summed E-state index contributed by atoms with van der Waals surface area (Å²) in [6, 6.07) is 11.3. The molecule has 11 nitrogen and oxygen atoms in total. The van der Waals surface area contributed by atoms with Crippen LogP contribution in [-0.2, 0) is 14.8 Å². The van der Waals surface area contributed by atoms with Gasteiger partial charge in [-0.3, -0.25) is 14.8 Å². The molecule has 0 spiro atoms. The number of hydrogen-bond donors (Lipinski definition) is 2. The van der Waals surface area contributed by atoms with E-state index in [9.17, 15) is 23.3 Å². The second-order valence-corrected chi connectivity index (χ2v) is 8.12. The molecule has 3 aromatic rings. The van der Waals surface area contributed by atoms with Crippen molar-refractivity contribution in [3.63, 3.8) is 0 Å². The number of nitrogens with one attached hydrogen (secondary N) is 1. The van der Waals surface area contributed by atoms with Crippen molar-refractivity contribution in [1.29, 1.82) is 0 Å². The highest BCUT2D eigenvalue weighted by Gasteiger charge is 2.28. The SMILES string of the molecule is CCOC(=O)c1c(NS(=O)(=O)c2ccc(C)cc2)nn(-c2ccc([N+](=O)[O-])cc2)c1N. The highest BCUT2D eigenvalue weighted by molar-refractivity contribution is 7.92. The summed E-state index contributed by atoms with van der Waals surface area (Å²) >= 11 is 0. The van der Waals surface area contributed by atoms with Gasteiger partial charge in [-0.2, -0.15) is 0 Å². The minimum absolute atomic E-state index is 0.0311. The lowest BCUT2D eigenvalue weighted by atomic mass is 10.2. The normalized spacial score (nSPS) is 11.2.